The average molecular weight is 501 g/mol. The second kappa shape index (κ2) is 11.1. The fourth-order valence-electron chi connectivity index (χ4n) is 4.93. The third kappa shape index (κ3) is 5.05. The summed E-state index contributed by atoms with van der Waals surface area (Å²) in [4.78, 5) is 28.8. The Morgan fingerprint density at radius 1 is 1.00 bits per heavy atom. The maximum Gasteiger partial charge on any atom is 0.251 e. The molecule has 1 atom stereocenters. The van der Waals surface area contributed by atoms with E-state index in [1.807, 2.05) is 42.6 Å². The van der Waals surface area contributed by atoms with Gasteiger partial charge in [0.2, 0.25) is 0 Å². The van der Waals surface area contributed by atoms with Crippen molar-refractivity contribution >= 4 is 34.1 Å². The quantitative estimate of drug-likeness (QED) is 0.211. The number of aromatic amines is 2. The normalized spacial score (nSPS) is 16.0. The van der Waals surface area contributed by atoms with Gasteiger partial charge in [0.05, 0.1) is 11.9 Å². The van der Waals surface area contributed by atoms with Gasteiger partial charge >= 0.3 is 0 Å². The lowest BCUT2D eigenvalue weighted by Crippen LogP contribution is -2.38. The molecule has 0 spiro atoms. The summed E-state index contributed by atoms with van der Waals surface area (Å²) in [5.74, 6) is 0.849. The molecular weight excluding hydrogens is 468 g/mol. The molecule has 186 valence electrons. The molecule has 1 aliphatic rings. The van der Waals surface area contributed by atoms with Crippen molar-refractivity contribution < 1.29 is 4.79 Å². The molecule has 3 heterocycles. The van der Waals surface area contributed by atoms with E-state index in [1.165, 1.54) is 10.9 Å². The van der Waals surface area contributed by atoms with Gasteiger partial charge in [-0.1, -0.05) is 55.0 Å². The highest BCUT2D eigenvalue weighted by atomic mass is 32.1. The first-order valence-corrected chi connectivity index (χ1v) is 13.0. The maximum atomic E-state index is 13.6. The topological polar surface area (TPSA) is 94.0 Å². The van der Waals surface area contributed by atoms with Crippen LogP contribution in [0.15, 0.2) is 67.0 Å². The number of carbonyl (C=O) groups excluding carboxylic acids is 1. The van der Waals surface area contributed by atoms with E-state index in [9.17, 15) is 4.79 Å². The number of H-pyrrole nitrogens is 2. The molecule has 8 heteroatoms. The molecule has 7 nitrogen and oxygen atoms in total. The lowest BCUT2D eigenvalue weighted by atomic mass is 10.1. The number of benzene rings is 2. The lowest BCUT2D eigenvalue weighted by molar-refractivity contribution is -0.128. The molecule has 1 aliphatic heterocycles. The molecule has 0 aliphatic carbocycles. The van der Waals surface area contributed by atoms with E-state index in [2.05, 4.69) is 44.2 Å². The Hall–Kier alpha value is -3.49. The average Bonchev–Trinajstić information content (AvgIpc) is 3.60. The van der Waals surface area contributed by atoms with Crippen LogP contribution in [-0.2, 0) is 17.6 Å². The Labute approximate surface area is 216 Å². The first kappa shape index (κ1) is 24.2. The number of nitrogens with zero attached hydrogens (tertiary/aromatic N) is 3. The van der Waals surface area contributed by atoms with Crippen LogP contribution in [0.2, 0.25) is 0 Å². The van der Waals surface area contributed by atoms with Crippen LogP contribution in [0.4, 0.5) is 0 Å². The number of carbonyl (C=O) groups is 1. The van der Waals surface area contributed by atoms with Gasteiger partial charge in [-0.25, -0.2) is 4.98 Å². The molecule has 5 rings (SSSR count). The molecule has 0 bridgehead atoms. The zero-order valence-electron chi connectivity index (χ0n) is 20.3. The molecule has 1 unspecified atom stereocenters. The number of nitrogens with one attached hydrogen (secondary N) is 2. The van der Waals surface area contributed by atoms with E-state index in [0.29, 0.717) is 31.2 Å². The molecule has 4 N–H and O–H groups in total. The van der Waals surface area contributed by atoms with Crippen LogP contribution < -0.4 is 5.73 Å². The Bertz CT molecular complexity index is 1330. The SMILES string of the molecule is NCCCCCN1C(=O)C(Cc2ncc(-c3ccccc3)[nH]2)N(CCc2c[nH]c3ccccc23)C1=S. The van der Waals surface area contributed by atoms with E-state index in [-0.39, 0.29) is 11.9 Å². The maximum absolute atomic E-state index is 13.6. The van der Waals surface area contributed by atoms with Crippen molar-refractivity contribution in [1.29, 1.82) is 0 Å². The van der Waals surface area contributed by atoms with Crippen molar-refractivity contribution in [3.63, 3.8) is 0 Å². The number of imidazole rings is 1. The van der Waals surface area contributed by atoms with E-state index < -0.39 is 0 Å². The van der Waals surface area contributed by atoms with Crippen molar-refractivity contribution in [2.45, 2.75) is 38.1 Å². The van der Waals surface area contributed by atoms with Crippen LogP contribution in [0.25, 0.3) is 22.2 Å². The van der Waals surface area contributed by atoms with Gasteiger partial charge in [-0.2, -0.15) is 0 Å². The smallest absolute Gasteiger partial charge is 0.251 e. The molecule has 0 saturated carbocycles. The number of hydrogen-bond acceptors (Lipinski definition) is 4. The minimum absolute atomic E-state index is 0.0596. The van der Waals surface area contributed by atoms with E-state index >= 15 is 0 Å². The number of thiocarbonyl (C=S) groups is 1. The second-order valence-electron chi connectivity index (χ2n) is 9.25. The van der Waals surface area contributed by atoms with Gasteiger partial charge in [0, 0.05) is 36.6 Å². The summed E-state index contributed by atoms with van der Waals surface area (Å²) in [6.07, 6.45) is 8.01. The molecule has 36 heavy (non-hydrogen) atoms. The van der Waals surface area contributed by atoms with E-state index in [4.69, 9.17) is 18.0 Å². The molecule has 4 aromatic rings. The Balaban J connectivity index is 1.34. The predicted octanol–water partition coefficient (Wildman–Crippen LogP) is 4.27. The van der Waals surface area contributed by atoms with E-state index in [0.717, 1.165) is 48.3 Å². The summed E-state index contributed by atoms with van der Waals surface area (Å²) >= 11 is 5.85. The van der Waals surface area contributed by atoms with Crippen molar-refractivity contribution in [3.05, 3.63) is 78.4 Å². The number of fused-ring (bicyclic) bond motifs is 1. The number of nitrogens with two attached hydrogens (primary N) is 1. The summed E-state index contributed by atoms with van der Waals surface area (Å²) in [5.41, 5.74) is 10.0. The Morgan fingerprint density at radius 3 is 2.64 bits per heavy atom. The van der Waals surface area contributed by atoms with Crippen LogP contribution in [0, 0.1) is 0 Å². The number of amides is 1. The van der Waals surface area contributed by atoms with Gasteiger partial charge < -0.3 is 20.6 Å². The molecule has 2 aromatic heterocycles. The van der Waals surface area contributed by atoms with Crippen molar-refractivity contribution in [2.24, 2.45) is 5.73 Å². The molecule has 2 aromatic carbocycles. The van der Waals surface area contributed by atoms with Crippen molar-refractivity contribution in [2.75, 3.05) is 19.6 Å². The molecule has 1 amide bonds. The van der Waals surface area contributed by atoms with Crippen LogP contribution >= 0.6 is 12.2 Å². The van der Waals surface area contributed by atoms with Crippen molar-refractivity contribution in [1.82, 2.24) is 24.8 Å². The van der Waals surface area contributed by atoms with E-state index in [1.54, 1.807) is 4.90 Å². The minimum Gasteiger partial charge on any atom is -0.361 e. The third-order valence-electron chi connectivity index (χ3n) is 6.89. The van der Waals surface area contributed by atoms with Crippen LogP contribution in [0.3, 0.4) is 0 Å². The molecule has 0 radical (unpaired) electrons. The molecule has 1 saturated heterocycles. The zero-order valence-corrected chi connectivity index (χ0v) is 21.1. The predicted molar refractivity (Wildman–Crippen MR) is 147 cm³/mol. The standard InChI is InChI=1S/C28H32N6OS/c29-14-7-2-8-15-34-27(35)25(17-26-31-19-24(32-26)20-9-3-1-4-10-20)33(28(34)36)16-13-21-18-30-23-12-6-5-11-22(21)23/h1,3-6,9-12,18-19,25,30H,2,7-8,13-17,29H2,(H,31,32). The largest absolute Gasteiger partial charge is 0.361 e. The first-order chi connectivity index (χ1) is 17.7. The summed E-state index contributed by atoms with van der Waals surface area (Å²) in [6.45, 7) is 1.97. The van der Waals surface area contributed by atoms with Gasteiger partial charge in [-0.15, -0.1) is 0 Å². The highest BCUT2D eigenvalue weighted by Gasteiger charge is 2.42. The highest BCUT2D eigenvalue weighted by Crippen LogP contribution is 2.25. The highest BCUT2D eigenvalue weighted by molar-refractivity contribution is 7.80. The third-order valence-corrected chi connectivity index (χ3v) is 7.34. The van der Waals surface area contributed by atoms with Crippen LogP contribution in [0.5, 0.6) is 0 Å². The van der Waals surface area contributed by atoms with Gasteiger partial charge in [-0.05, 0) is 55.2 Å². The summed E-state index contributed by atoms with van der Waals surface area (Å²) in [7, 11) is 0. The fourth-order valence-corrected chi connectivity index (χ4v) is 5.33. The number of para-hydroxylation sites is 1. The van der Waals surface area contributed by atoms with Gasteiger partial charge in [-0.3, -0.25) is 9.69 Å². The number of unbranched alkanes of at least 4 members (excludes halogenated alkanes) is 2. The number of aromatic nitrogens is 3. The van der Waals surface area contributed by atoms with Gasteiger partial charge in [0.1, 0.15) is 11.9 Å². The lowest BCUT2D eigenvalue weighted by Gasteiger charge is -2.23. The number of rotatable bonds is 11. The first-order valence-electron chi connectivity index (χ1n) is 12.6. The molecule has 1 fully saturated rings. The summed E-state index contributed by atoms with van der Waals surface area (Å²) in [6, 6.07) is 18.0. The second-order valence-corrected chi connectivity index (χ2v) is 9.62. The van der Waals surface area contributed by atoms with Crippen molar-refractivity contribution in [3.8, 4) is 11.3 Å². The van der Waals surface area contributed by atoms with Gasteiger partial charge in [0.25, 0.3) is 5.91 Å². The monoisotopic (exact) mass is 500 g/mol. The summed E-state index contributed by atoms with van der Waals surface area (Å²) in [5, 5.41) is 1.83. The Morgan fingerprint density at radius 2 is 1.81 bits per heavy atom. The zero-order chi connectivity index (χ0) is 24.9. The minimum atomic E-state index is -0.369. The van der Waals surface area contributed by atoms with Crippen LogP contribution in [0.1, 0.15) is 30.7 Å². The number of hydrogen-bond donors (Lipinski definition) is 3. The fraction of sp³-hybridized carbons (Fsp3) is 0.321. The van der Waals surface area contributed by atoms with Crippen LogP contribution in [-0.4, -0.2) is 61.4 Å². The molecular formula is C28H32N6OS. The summed E-state index contributed by atoms with van der Waals surface area (Å²) < 4.78 is 0. The Kier molecular flexibility index (Phi) is 7.44. The van der Waals surface area contributed by atoms with Gasteiger partial charge in [0.15, 0.2) is 5.11 Å².